The molecule has 3 rings (SSSR count). The number of carbonyl (C=O) groups is 2. The fourth-order valence-corrected chi connectivity index (χ4v) is 3.31. The minimum atomic E-state index is -0.684. The highest BCUT2D eigenvalue weighted by Gasteiger charge is 2.43. The number of aliphatic hydroxyl groups excluding tert-OH is 1. The minimum absolute atomic E-state index is 0.0514. The Morgan fingerprint density at radius 1 is 1.21 bits per heavy atom. The number of ketones is 1. The first kappa shape index (κ1) is 16.2. The highest BCUT2D eigenvalue weighted by atomic mass is 16.5. The number of benzene rings is 1. The number of carbonyl (C=O) groups excluding carboxylic acids is 2. The van der Waals surface area contributed by atoms with E-state index in [0.717, 1.165) is 25.7 Å². The summed E-state index contributed by atoms with van der Waals surface area (Å²) < 4.78 is 4.93. The summed E-state index contributed by atoms with van der Waals surface area (Å²) in [5.74, 6) is -1.36. The van der Waals surface area contributed by atoms with Crippen LogP contribution in [0.3, 0.4) is 0 Å². The zero-order chi connectivity index (χ0) is 17.3. The third-order valence-electron chi connectivity index (χ3n) is 4.60. The smallest absolute Gasteiger partial charge is 0.295 e. The van der Waals surface area contributed by atoms with Crippen LogP contribution in [0.25, 0.3) is 0 Å². The number of hydrogen-bond acceptors (Lipinski definition) is 6. The molecule has 0 heterocycles. The van der Waals surface area contributed by atoms with Crippen LogP contribution in [0.1, 0.15) is 36.0 Å². The first-order valence-corrected chi connectivity index (χ1v) is 7.83. The molecule has 2 atom stereocenters. The number of ether oxygens (including phenoxy) is 1. The van der Waals surface area contributed by atoms with E-state index in [4.69, 9.17) is 4.74 Å². The van der Waals surface area contributed by atoms with Gasteiger partial charge in [-0.15, -0.1) is 10.2 Å². The largest absolute Gasteiger partial charge is 0.510 e. The number of allylic oxidation sites excluding steroid dienone is 2. The summed E-state index contributed by atoms with van der Waals surface area (Å²) in [4.78, 5) is 24.4. The molecular formula is C17H18N2O5. The molecule has 2 N–H and O–H groups in total. The predicted octanol–water partition coefficient (Wildman–Crippen LogP) is 3.15. The van der Waals surface area contributed by atoms with Crippen molar-refractivity contribution < 1.29 is 24.5 Å². The van der Waals surface area contributed by atoms with E-state index in [9.17, 15) is 19.8 Å². The van der Waals surface area contributed by atoms with Crippen molar-refractivity contribution in [2.45, 2.75) is 25.7 Å². The van der Waals surface area contributed by atoms with Gasteiger partial charge in [0.1, 0.15) is 5.76 Å². The van der Waals surface area contributed by atoms with Crippen LogP contribution >= 0.6 is 0 Å². The lowest BCUT2D eigenvalue weighted by Gasteiger charge is -2.23. The lowest BCUT2D eigenvalue weighted by molar-refractivity contribution is -0.120. The summed E-state index contributed by atoms with van der Waals surface area (Å²) in [6.45, 7) is 0. The van der Waals surface area contributed by atoms with Gasteiger partial charge in [-0.25, -0.2) is 0 Å². The minimum Gasteiger partial charge on any atom is -0.510 e. The van der Waals surface area contributed by atoms with Crippen molar-refractivity contribution in [3.63, 3.8) is 0 Å². The molecule has 0 saturated heterocycles. The topological polar surface area (TPSA) is 109 Å². The fourth-order valence-electron chi connectivity index (χ4n) is 3.31. The van der Waals surface area contributed by atoms with Crippen LogP contribution in [0, 0.1) is 11.8 Å². The van der Waals surface area contributed by atoms with E-state index in [-0.39, 0.29) is 46.1 Å². The monoisotopic (exact) mass is 330 g/mol. The summed E-state index contributed by atoms with van der Waals surface area (Å²) in [5, 5.41) is 27.0. The van der Waals surface area contributed by atoms with Crippen LogP contribution in [0.2, 0.25) is 0 Å². The molecule has 126 valence electrons. The number of nitrogens with zero attached hydrogens (tertiary/aromatic N) is 2. The summed E-state index contributed by atoms with van der Waals surface area (Å²) in [5.41, 5.74) is 0.0577. The Hall–Kier alpha value is -2.70. The normalized spacial score (nSPS) is 23.6. The van der Waals surface area contributed by atoms with E-state index in [1.54, 1.807) is 0 Å². The van der Waals surface area contributed by atoms with E-state index >= 15 is 0 Å². The zero-order valence-corrected chi connectivity index (χ0v) is 13.2. The second-order valence-electron chi connectivity index (χ2n) is 5.99. The molecule has 24 heavy (non-hydrogen) atoms. The number of amides is 1. The van der Waals surface area contributed by atoms with Gasteiger partial charge in [0, 0.05) is 17.4 Å². The molecule has 1 saturated carbocycles. The SMILES string of the molecule is COc1cc(C(=O)N=NC2=C(O)C3CCCCC3C2=O)ccc1O. The molecule has 7 nitrogen and oxygen atoms in total. The Bertz CT molecular complexity index is 753. The number of methoxy groups -OCH3 is 1. The maximum absolute atomic E-state index is 12.3. The molecule has 1 aromatic carbocycles. The molecular weight excluding hydrogens is 312 g/mol. The van der Waals surface area contributed by atoms with Crippen LogP contribution in [-0.4, -0.2) is 29.0 Å². The first-order valence-electron chi connectivity index (χ1n) is 7.83. The maximum atomic E-state index is 12.3. The van der Waals surface area contributed by atoms with Crippen molar-refractivity contribution in [2.75, 3.05) is 7.11 Å². The highest BCUT2D eigenvalue weighted by molar-refractivity contribution is 6.01. The Morgan fingerprint density at radius 2 is 1.92 bits per heavy atom. The second-order valence-corrected chi connectivity index (χ2v) is 5.99. The lowest BCUT2D eigenvalue weighted by Crippen LogP contribution is -2.21. The zero-order valence-electron chi connectivity index (χ0n) is 13.2. The van der Waals surface area contributed by atoms with Gasteiger partial charge in [0.15, 0.2) is 23.0 Å². The molecule has 2 aliphatic rings. The Balaban J connectivity index is 1.81. The van der Waals surface area contributed by atoms with Gasteiger partial charge in [0.05, 0.1) is 7.11 Å². The Morgan fingerprint density at radius 3 is 2.58 bits per heavy atom. The van der Waals surface area contributed by atoms with E-state index < -0.39 is 5.91 Å². The molecule has 0 aliphatic heterocycles. The molecule has 2 unspecified atom stereocenters. The third-order valence-corrected chi connectivity index (χ3v) is 4.60. The van der Waals surface area contributed by atoms with Gasteiger partial charge in [-0.05, 0) is 31.0 Å². The van der Waals surface area contributed by atoms with Crippen LogP contribution in [-0.2, 0) is 4.79 Å². The number of aromatic hydroxyl groups is 1. The molecule has 1 amide bonds. The van der Waals surface area contributed by atoms with Crippen molar-refractivity contribution >= 4 is 11.7 Å². The second kappa shape index (κ2) is 6.43. The molecule has 1 fully saturated rings. The van der Waals surface area contributed by atoms with Crippen LogP contribution < -0.4 is 4.74 Å². The van der Waals surface area contributed by atoms with Gasteiger partial charge >= 0.3 is 0 Å². The summed E-state index contributed by atoms with van der Waals surface area (Å²) in [6, 6.07) is 4.03. The van der Waals surface area contributed by atoms with Crippen LogP contribution in [0.15, 0.2) is 39.9 Å². The number of fused-ring (bicyclic) bond motifs is 1. The number of rotatable bonds is 3. The van der Waals surface area contributed by atoms with Crippen molar-refractivity contribution in [3.05, 3.63) is 35.2 Å². The van der Waals surface area contributed by atoms with Gasteiger partial charge in [0.25, 0.3) is 5.91 Å². The summed E-state index contributed by atoms with van der Waals surface area (Å²) in [7, 11) is 1.37. The maximum Gasteiger partial charge on any atom is 0.295 e. The van der Waals surface area contributed by atoms with Crippen molar-refractivity contribution in [3.8, 4) is 11.5 Å². The molecule has 2 aliphatic carbocycles. The van der Waals surface area contributed by atoms with Gasteiger partial charge in [-0.3, -0.25) is 9.59 Å². The molecule has 0 aromatic heterocycles. The average Bonchev–Trinajstić information content (AvgIpc) is 2.84. The Labute approximate surface area is 138 Å². The number of hydrogen-bond donors (Lipinski definition) is 2. The van der Waals surface area contributed by atoms with E-state index in [0.29, 0.717) is 0 Å². The van der Waals surface area contributed by atoms with E-state index in [2.05, 4.69) is 10.2 Å². The number of phenols is 1. The number of Topliss-reactive ketones (excluding diaryl/α,β-unsaturated/α-hetero) is 1. The molecule has 7 heteroatoms. The average molecular weight is 330 g/mol. The van der Waals surface area contributed by atoms with Crippen molar-refractivity contribution in [1.82, 2.24) is 0 Å². The van der Waals surface area contributed by atoms with Gasteiger partial charge in [-0.1, -0.05) is 12.8 Å². The quantitative estimate of drug-likeness (QED) is 0.828. The number of aliphatic hydroxyl groups is 1. The standard InChI is InChI=1S/C17H18N2O5/c1-24-13-8-9(6-7-12(13)20)17(23)19-18-14-15(21)10-4-2-3-5-11(10)16(14)22/h6-8,10-11,20-21H,2-5H2,1H3. The van der Waals surface area contributed by atoms with E-state index in [1.807, 2.05) is 0 Å². The van der Waals surface area contributed by atoms with Crippen LogP contribution in [0.4, 0.5) is 0 Å². The predicted molar refractivity (Wildman–Crippen MR) is 84.0 cm³/mol. The Kier molecular flexibility index (Phi) is 4.33. The highest BCUT2D eigenvalue weighted by Crippen LogP contribution is 2.43. The van der Waals surface area contributed by atoms with Gasteiger partial charge < -0.3 is 14.9 Å². The lowest BCUT2D eigenvalue weighted by atomic mass is 9.80. The summed E-state index contributed by atoms with van der Waals surface area (Å²) in [6.07, 6.45) is 3.41. The van der Waals surface area contributed by atoms with E-state index in [1.165, 1.54) is 25.3 Å². The van der Waals surface area contributed by atoms with Crippen molar-refractivity contribution in [2.24, 2.45) is 22.1 Å². The first-order chi connectivity index (χ1) is 11.5. The summed E-state index contributed by atoms with van der Waals surface area (Å²) >= 11 is 0. The molecule has 1 aromatic rings. The molecule has 0 bridgehead atoms. The van der Waals surface area contributed by atoms with Gasteiger partial charge in [-0.2, -0.15) is 0 Å². The van der Waals surface area contributed by atoms with Crippen molar-refractivity contribution in [1.29, 1.82) is 0 Å². The van der Waals surface area contributed by atoms with Gasteiger partial charge in [0.2, 0.25) is 0 Å². The molecule has 0 radical (unpaired) electrons. The molecule has 0 spiro atoms. The number of phenolic OH excluding ortho intramolecular Hbond substituents is 1. The number of azo groups is 1. The third kappa shape index (κ3) is 2.77. The fraction of sp³-hybridized carbons (Fsp3) is 0.412. The van der Waals surface area contributed by atoms with Crippen LogP contribution in [0.5, 0.6) is 11.5 Å².